The lowest BCUT2D eigenvalue weighted by Gasteiger charge is -2.36. The predicted molar refractivity (Wildman–Crippen MR) is 156 cm³/mol. The zero-order valence-electron chi connectivity index (χ0n) is 23.8. The van der Waals surface area contributed by atoms with Crippen LogP contribution in [0.4, 0.5) is 5.69 Å². The number of likely N-dealkylation sites (tertiary alicyclic amines) is 1. The van der Waals surface area contributed by atoms with Gasteiger partial charge >= 0.3 is 0 Å². The molecule has 5 nitrogen and oxygen atoms in total. The Labute approximate surface area is 230 Å². The van der Waals surface area contributed by atoms with Crippen molar-refractivity contribution >= 4 is 17.5 Å². The molecule has 5 heteroatoms. The standard InChI is InChI=1S/C33H47N3O2/c1-26(2)24-34-19-11-5-4-6-12-20-35(27(3)37)32-18-17-29(23-30(32)25-34)33(38)36-21-13-10-16-31(36)22-28-14-8-7-9-15-28/h7-9,14-15,17-18,23,26,31H,4-6,10-13,16,19-22,24-25H2,1-3H3. The molecule has 0 radical (unpaired) electrons. The lowest BCUT2D eigenvalue weighted by molar-refractivity contribution is -0.116. The molecule has 0 N–H and O–H groups in total. The molecule has 1 unspecified atom stereocenters. The summed E-state index contributed by atoms with van der Waals surface area (Å²) in [5.41, 5.74) is 4.12. The van der Waals surface area contributed by atoms with E-state index >= 15 is 0 Å². The highest BCUT2D eigenvalue weighted by Gasteiger charge is 2.29. The summed E-state index contributed by atoms with van der Waals surface area (Å²) in [5, 5.41) is 0. The van der Waals surface area contributed by atoms with E-state index in [1.807, 2.05) is 23.1 Å². The minimum absolute atomic E-state index is 0.0803. The summed E-state index contributed by atoms with van der Waals surface area (Å²) in [4.78, 5) is 33.3. The molecule has 1 fully saturated rings. The predicted octanol–water partition coefficient (Wildman–Crippen LogP) is 6.70. The van der Waals surface area contributed by atoms with Crippen LogP contribution in [0.25, 0.3) is 0 Å². The molecule has 0 aliphatic carbocycles. The number of piperidine rings is 1. The zero-order chi connectivity index (χ0) is 26.9. The number of benzene rings is 2. The third-order valence-corrected chi connectivity index (χ3v) is 8.07. The van der Waals surface area contributed by atoms with Crippen LogP contribution in [0, 0.1) is 5.92 Å². The van der Waals surface area contributed by atoms with E-state index in [1.54, 1.807) is 6.92 Å². The van der Waals surface area contributed by atoms with Crippen LogP contribution in [-0.4, -0.2) is 53.8 Å². The van der Waals surface area contributed by atoms with Crippen molar-refractivity contribution in [2.75, 3.05) is 31.1 Å². The van der Waals surface area contributed by atoms with E-state index in [9.17, 15) is 9.59 Å². The third-order valence-electron chi connectivity index (χ3n) is 8.07. The van der Waals surface area contributed by atoms with Crippen molar-refractivity contribution in [2.45, 2.75) is 91.1 Å². The smallest absolute Gasteiger partial charge is 0.254 e. The van der Waals surface area contributed by atoms with Gasteiger partial charge in [0.05, 0.1) is 0 Å². The quantitative estimate of drug-likeness (QED) is 0.443. The molecule has 206 valence electrons. The Kier molecular flexibility index (Phi) is 10.4. The molecule has 2 aromatic carbocycles. The first kappa shape index (κ1) is 28.4. The monoisotopic (exact) mass is 517 g/mol. The van der Waals surface area contributed by atoms with Gasteiger partial charge in [0, 0.05) is 50.4 Å². The largest absolute Gasteiger partial charge is 0.335 e. The van der Waals surface area contributed by atoms with Gasteiger partial charge in [0.15, 0.2) is 0 Å². The molecule has 1 atom stereocenters. The maximum Gasteiger partial charge on any atom is 0.254 e. The number of rotatable bonds is 5. The topological polar surface area (TPSA) is 43.9 Å². The molecule has 2 amide bonds. The summed E-state index contributed by atoms with van der Waals surface area (Å²) < 4.78 is 0. The second-order valence-corrected chi connectivity index (χ2v) is 11.7. The van der Waals surface area contributed by atoms with Crippen LogP contribution in [-0.2, 0) is 17.8 Å². The molecule has 2 heterocycles. The number of fused-ring (bicyclic) bond motifs is 1. The molecule has 4 rings (SSSR count). The minimum atomic E-state index is 0.0803. The number of amides is 2. The number of carbonyl (C=O) groups excluding carboxylic acids is 2. The Morgan fingerprint density at radius 1 is 0.868 bits per heavy atom. The number of hydrogen-bond donors (Lipinski definition) is 0. The Balaban J connectivity index is 1.65. The first-order valence-corrected chi connectivity index (χ1v) is 14.9. The first-order chi connectivity index (χ1) is 18.4. The van der Waals surface area contributed by atoms with Gasteiger partial charge in [-0.05, 0) is 80.3 Å². The van der Waals surface area contributed by atoms with Gasteiger partial charge in [0.1, 0.15) is 0 Å². The van der Waals surface area contributed by atoms with Crippen molar-refractivity contribution in [2.24, 2.45) is 5.92 Å². The van der Waals surface area contributed by atoms with Gasteiger partial charge in [-0.25, -0.2) is 0 Å². The second kappa shape index (κ2) is 13.9. The Morgan fingerprint density at radius 3 is 2.32 bits per heavy atom. The summed E-state index contributed by atoms with van der Waals surface area (Å²) in [6.45, 7) is 10.6. The van der Waals surface area contributed by atoms with Gasteiger partial charge in [-0.1, -0.05) is 63.4 Å². The highest BCUT2D eigenvalue weighted by atomic mass is 16.2. The maximum atomic E-state index is 14.0. The van der Waals surface area contributed by atoms with Crippen molar-refractivity contribution < 1.29 is 9.59 Å². The fraction of sp³-hybridized carbons (Fsp3) is 0.576. The third kappa shape index (κ3) is 7.69. The zero-order valence-corrected chi connectivity index (χ0v) is 23.8. The molecule has 0 spiro atoms. The molecular formula is C33H47N3O2. The van der Waals surface area contributed by atoms with E-state index < -0.39 is 0 Å². The SMILES string of the molecule is CC(=O)N1CCCCCCCN(CC(C)C)Cc2cc(C(=O)N3CCCCC3Cc3ccccc3)ccc21. The molecule has 38 heavy (non-hydrogen) atoms. The van der Waals surface area contributed by atoms with Crippen LogP contribution in [0.15, 0.2) is 48.5 Å². The van der Waals surface area contributed by atoms with Crippen LogP contribution in [0.2, 0.25) is 0 Å². The minimum Gasteiger partial charge on any atom is -0.335 e. The Bertz CT molecular complexity index is 1050. The van der Waals surface area contributed by atoms with Gasteiger partial charge in [-0.2, -0.15) is 0 Å². The molecule has 0 saturated carbocycles. The van der Waals surface area contributed by atoms with Crippen LogP contribution < -0.4 is 4.90 Å². The van der Waals surface area contributed by atoms with Gasteiger partial charge < -0.3 is 9.80 Å². The van der Waals surface area contributed by atoms with Crippen molar-refractivity contribution in [3.8, 4) is 0 Å². The van der Waals surface area contributed by atoms with Gasteiger partial charge in [-0.15, -0.1) is 0 Å². The second-order valence-electron chi connectivity index (χ2n) is 11.7. The summed E-state index contributed by atoms with van der Waals surface area (Å²) >= 11 is 0. The van der Waals surface area contributed by atoms with E-state index in [2.05, 4.69) is 54.0 Å². The number of nitrogens with zero attached hydrogens (tertiary/aromatic N) is 3. The van der Waals surface area contributed by atoms with E-state index in [1.165, 1.54) is 31.2 Å². The van der Waals surface area contributed by atoms with Gasteiger partial charge in [-0.3, -0.25) is 14.5 Å². The van der Waals surface area contributed by atoms with Gasteiger partial charge in [0.25, 0.3) is 5.91 Å². The molecule has 0 aromatic heterocycles. The Hall–Kier alpha value is -2.66. The van der Waals surface area contributed by atoms with Crippen LogP contribution >= 0.6 is 0 Å². The van der Waals surface area contributed by atoms with Crippen molar-refractivity contribution in [1.82, 2.24) is 9.80 Å². The van der Waals surface area contributed by atoms with E-state index in [0.29, 0.717) is 5.92 Å². The van der Waals surface area contributed by atoms with Crippen molar-refractivity contribution in [1.29, 1.82) is 0 Å². The van der Waals surface area contributed by atoms with Crippen LogP contribution in [0.5, 0.6) is 0 Å². The van der Waals surface area contributed by atoms with Crippen molar-refractivity contribution in [3.05, 3.63) is 65.2 Å². The van der Waals surface area contributed by atoms with Crippen LogP contribution in [0.1, 0.15) is 93.6 Å². The normalized spacial score (nSPS) is 19.9. The number of hydrogen-bond acceptors (Lipinski definition) is 3. The molecule has 2 aromatic rings. The molecule has 1 saturated heterocycles. The maximum absolute atomic E-state index is 14.0. The molecular weight excluding hydrogens is 470 g/mol. The fourth-order valence-corrected chi connectivity index (χ4v) is 6.22. The van der Waals surface area contributed by atoms with Gasteiger partial charge in [0.2, 0.25) is 5.91 Å². The fourth-order valence-electron chi connectivity index (χ4n) is 6.22. The molecule has 0 bridgehead atoms. The van der Waals surface area contributed by atoms with Crippen molar-refractivity contribution in [3.63, 3.8) is 0 Å². The first-order valence-electron chi connectivity index (χ1n) is 14.9. The number of carbonyl (C=O) groups is 2. The average Bonchev–Trinajstić information content (AvgIpc) is 2.89. The highest BCUT2D eigenvalue weighted by Crippen LogP contribution is 2.29. The summed E-state index contributed by atoms with van der Waals surface area (Å²) in [6.07, 6.45) is 10.0. The summed E-state index contributed by atoms with van der Waals surface area (Å²) in [7, 11) is 0. The molecule has 2 aliphatic heterocycles. The molecule has 2 aliphatic rings. The summed E-state index contributed by atoms with van der Waals surface area (Å²) in [5.74, 6) is 0.772. The highest BCUT2D eigenvalue weighted by molar-refractivity contribution is 5.97. The van der Waals surface area contributed by atoms with E-state index in [4.69, 9.17) is 0 Å². The summed E-state index contributed by atoms with van der Waals surface area (Å²) in [6, 6.07) is 16.9. The lowest BCUT2D eigenvalue weighted by Crippen LogP contribution is -2.45. The van der Waals surface area contributed by atoms with E-state index in [-0.39, 0.29) is 17.9 Å². The Morgan fingerprint density at radius 2 is 1.58 bits per heavy atom. The van der Waals surface area contributed by atoms with Crippen LogP contribution in [0.3, 0.4) is 0 Å². The van der Waals surface area contributed by atoms with E-state index in [0.717, 1.165) is 81.6 Å². The average molecular weight is 518 g/mol. The number of anilines is 1. The lowest BCUT2D eigenvalue weighted by atomic mass is 9.94.